The summed E-state index contributed by atoms with van der Waals surface area (Å²) in [4.78, 5) is 2.07. The van der Waals surface area contributed by atoms with E-state index in [1.54, 1.807) is 0 Å². The molecule has 5 heteroatoms. The van der Waals surface area contributed by atoms with Gasteiger partial charge in [-0.2, -0.15) is 0 Å². The van der Waals surface area contributed by atoms with Crippen molar-refractivity contribution >= 4 is 15.9 Å². The minimum atomic E-state index is -0.545. The molecule has 0 amide bonds. The summed E-state index contributed by atoms with van der Waals surface area (Å²) in [7, 11) is 1.98. The van der Waals surface area contributed by atoms with Crippen molar-refractivity contribution in [2.45, 2.75) is 19.6 Å². The van der Waals surface area contributed by atoms with E-state index < -0.39 is 6.10 Å². The average molecular weight is 394 g/mol. The van der Waals surface area contributed by atoms with Crippen LogP contribution < -0.4 is 9.47 Å². The predicted molar refractivity (Wildman–Crippen MR) is 99.6 cm³/mol. The molecule has 0 unspecified atom stereocenters. The van der Waals surface area contributed by atoms with Crippen LogP contribution in [0.4, 0.5) is 0 Å². The largest absolute Gasteiger partial charge is 0.494 e. The molecular formula is C19H24BrNO3. The van der Waals surface area contributed by atoms with Crippen LogP contribution in [0.5, 0.6) is 11.5 Å². The third kappa shape index (κ3) is 6.51. The van der Waals surface area contributed by atoms with Gasteiger partial charge in [-0.1, -0.05) is 34.1 Å². The molecule has 0 aliphatic heterocycles. The average Bonchev–Trinajstić information content (AvgIpc) is 2.55. The number of hydrogen-bond donors (Lipinski definition) is 1. The van der Waals surface area contributed by atoms with Crippen LogP contribution in [0.3, 0.4) is 0 Å². The van der Waals surface area contributed by atoms with Gasteiger partial charge in [-0.05, 0) is 49.9 Å². The van der Waals surface area contributed by atoms with E-state index in [-0.39, 0.29) is 6.61 Å². The Kier molecular flexibility index (Phi) is 7.56. The molecule has 0 aromatic heterocycles. The van der Waals surface area contributed by atoms with E-state index in [0.717, 1.165) is 22.5 Å². The van der Waals surface area contributed by atoms with Crippen LogP contribution in [0.2, 0.25) is 0 Å². The Morgan fingerprint density at radius 2 is 1.83 bits per heavy atom. The van der Waals surface area contributed by atoms with Gasteiger partial charge in [-0.15, -0.1) is 0 Å². The van der Waals surface area contributed by atoms with Crippen molar-refractivity contribution in [3.8, 4) is 11.5 Å². The highest BCUT2D eigenvalue weighted by Crippen LogP contribution is 2.18. The van der Waals surface area contributed by atoms with E-state index >= 15 is 0 Å². The van der Waals surface area contributed by atoms with Crippen LogP contribution in [-0.2, 0) is 6.54 Å². The Hall–Kier alpha value is -1.56. The maximum atomic E-state index is 10.1. The van der Waals surface area contributed by atoms with Gasteiger partial charge in [-0.3, -0.25) is 4.90 Å². The lowest BCUT2D eigenvalue weighted by Gasteiger charge is -2.21. The van der Waals surface area contributed by atoms with Crippen LogP contribution in [0.1, 0.15) is 12.5 Å². The predicted octanol–water partition coefficient (Wildman–Crippen LogP) is 3.72. The summed E-state index contributed by atoms with van der Waals surface area (Å²) >= 11 is 3.40. The van der Waals surface area contributed by atoms with Crippen molar-refractivity contribution in [2.75, 3.05) is 26.8 Å². The third-order valence-electron chi connectivity index (χ3n) is 3.45. The normalized spacial score (nSPS) is 12.2. The number of aliphatic hydroxyl groups excluding tert-OH is 1. The van der Waals surface area contributed by atoms with E-state index in [2.05, 4.69) is 20.8 Å². The molecule has 0 fully saturated rings. The van der Waals surface area contributed by atoms with Crippen LogP contribution in [0.25, 0.3) is 0 Å². The molecule has 130 valence electrons. The van der Waals surface area contributed by atoms with Gasteiger partial charge in [0.05, 0.1) is 6.61 Å². The van der Waals surface area contributed by atoms with Crippen molar-refractivity contribution in [1.29, 1.82) is 0 Å². The molecule has 2 aromatic carbocycles. The summed E-state index contributed by atoms with van der Waals surface area (Å²) in [5.74, 6) is 1.63. The number of benzene rings is 2. The van der Waals surface area contributed by atoms with Crippen LogP contribution in [0.15, 0.2) is 53.0 Å². The Bertz CT molecular complexity index is 618. The van der Waals surface area contributed by atoms with Crippen LogP contribution in [-0.4, -0.2) is 42.9 Å². The number of nitrogens with zero attached hydrogens (tertiary/aromatic N) is 1. The van der Waals surface area contributed by atoms with Crippen molar-refractivity contribution in [3.05, 3.63) is 58.6 Å². The fourth-order valence-corrected chi connectivity index (χ4v) is 2.77. The highest BCUT2D eigenvalue weighted by atomic mass is 79.9. The Morgan fingerprint density at radius 3 is 2.50 bits per heavy atom. The lowest BCUT2D eigenvalue weighted by atomic mass is 10.2. The fraction of sp³-hybridized carbons (Fsp3) is 0.368. The van der Waals surface area contributed by atoms with Crippen molar-refractivity contribution < 1.29 is 14.6 Å². The van der Waals surface area contributed by atoms with Crippen LogP contribution >= 0.6 is 15.9 Å². The summed E-state index contributed by atoms with van der Waals surface area (Å²) in [6, 6.07) is 15.6. The van der Waals surface area contributed by atoms with E-state index in [0.29, 0.717) is 13.2 Å². The molecular weight excluding hydrogens is 370 g/mol. The molecule has 0 bridgehead atoms. The van der Waals surface area contributed by atoms with Crippen LogP contribution in [0, 0.1) is 0 Å². The molecule has 24 heavy (non-hydrogen) atoms. The number of hydrogen-bond acceptors (Lipinski definition) is 4. The van der Waals surface area contributed by atoms with E-state index in [9.17, 15) is 5.11 Å². The second-order valence-corrected chi connectivity index (χ2v) is 6.61. The van der Waals surface area contributed by atoms with Gasteiger partial charge in [0.15, 0.2) is 0 Å². The highest BCUT2D eigenvalue weighted by molar-refractivity contribution is 9.10. The molecule has 0 heterocycles. The molecule has 0 saturated carbocycles. The summed E-state index contributed by atoms with van der Waals surface area (Å²) in [5, 5.41) is 10.1. The zero-order valence-electron chi connectivity index (χ0n) is 14.1. The second kappa shape index (κ2) is 9.67. The topological polar surface area (TPSA) is 41.9 Å². The summed E-state index contributed by atoms with van der Waals surface area (Å²) in [6.45, 7) is 4.22. The number of aliphatic hydroxyl groups is 1. The molecule has 0 saturated heterocycles. The van der Waals surface area contributed by atoms with Gasteiger partial charge < -0.3 is 14.6 Å². The SMILES string of the molecule is CCOc1ccc(CN(C)C[C@H](O)COc2cccc(Br)c2)cc1. The first-order chi connectivity index (χ1) is 11.6. The van der Waals surface area contributed by atoms with Gasteiger partial charge >= 0.3 is 0 Å². The maximum absolute atomic E-state index is 10.1. The zero-order chi connectivity index (χ0) is 17.4. The highest BCUT2D eigenvalue weighted by Gasteiger charge is 2.10. The third-order valence-corrected chi connectivity index (χ3v) is 3.94. The van der Waals surface area contributed by atoms with Crippen molar-refractivity contribution in [3.63, 3.8) is 0 Å². The smallest absolute Gasteiger partial charge is 0.120 e. The van der Waals surface area contributed by atoms with Gasteiger partial charge in [0.25, 0.3) is 0 Å². The molecule has 1 atom stereocenters. The van der Waals surface area contributed by atoms with E-state index in [4.69, 9.17) is 9.47 Å². The molecule has 2 aromatic rings. The number of likely N-dealkylation sites (N-methyl/N-ethyl adjacent to an activating group) is 1. The summed E-state index contributed by atoms with van der Waals surface area (Å²) in [6.07, 6.45) is -0.545. The summed E-state index contributed by atoms with van der Waals surface area (Å²) < 4.78 is 12.0. The summed E-state index contributed by atoms with van der Waals surface area (Å²) in [5.41, 5.74) is 1.18. The number of rotatable bonds is 9. The first-order valence-electron chi connectivity index (χ1n) is 8.03. The minimum Gasteiger partial charge on any atom is -0.494 e. The maximum Gasteiger partial charge on any atom is 0.120 e. The molecule has 0 spiro atoms. The molecule has 1 N–H and O–H groups in total. The minimum absolute atomic E-state index is 0.268. The molecule has 4 nitrogen and oxygen atoms in total. The second-order valence-electron chi connectivity index (χ2n) is 5.70. The fourth-order valence-electron chi connectivity index (χ4n) is 2.40. The monoisotopic (exact) mass is 393 g/mol. The van der Waals surface area contributed by atoms with E-state index in [1.807, 2.05) is 62.5 Å². The molecule has 0 radical (unpaired) electrons. The molecule has 2 rings (SSSR count). The Balaban J connectivity index is 1.75. The molecule has 0 aliphatic carbocycles. The quantitative estimate of drug-likeness (QED) is 0.704. The lowest BCUT2D eigenvalue weighted by molar-refractivity contribution is 0.0743. The zero-order valence-corrected chi connectivity index (χ0v) is 15.7. The standard InChI is InChI=1S/C19H24BrNO3/c1-3-23-18-9-7-15(8-10-18)12-21(2)13-17(22)14-24-19-6-4-5-16(20)11-19/h4-11,17,22H,3,12-14H2,1-2H3/t17-/m0/s1. The lowest BCUT2D eigenvalue weighted by Crippen LogP contribution is -2.32. The Morgan fingerprint density at radius 1 is 1.08 bits per heavy atom. The van der Waals surface area contributed by atoms with Gasteiger partial charge in [0.2, 0.25) is 0 Å². The van der Waals surface area contributed by atoms with Gasteiger partial charge in [0, 0.05) is 17.6 Å². The van der Waals surface area contributed by atoms with Crippen molar-refractivity contribution in [1.82, 2.24) is 4.90 Å². The van der Waals surface area contributed by atoms with Gasteiger partial charge in [-0.25, -0.2) is 0 Å². The number of halogens is 1. The first kappa shape index (κ1) is 18.8. The van der Waals surface area contributed by atoms with Crippen molar-refractivity contribution in [2.24, 2.45) is 0 Å². The van der Waals surface area contributed by atoms with Gasteiger partial charge in [0.1, 0.15) is 24.2 Å². The first-order valence-corrected chi connectivity index (χ1v) is 8.83. The molecule has 0 aliphatic rings. The number of ether oxygens (including phenoxy) is 2. The van der Waals surface area contributed by atoms with E-state index in [1.165, 1.54) is 5.56 Å². The Labute approximate surface area is 152 Å².